The van der Waals surface area contributed by atoms with Gasteiger partial charge in [-0.15, -0.1) is 0 Å². The van der Waals surface area contributed by atoms with Crippen molar-refractivity contribution in [2.45, 2.75) is 6.42 Å². The fraction of sp³-hybridized carbons (Fsp3) is 0.0233. The molecule has 0 saturated carbocycles. The summed E-state index contributed by atoms with van der Waals surface area (Å²) in [5, 5.41) is 40.7. The van der Waals surface area contributed by atoms with Crippen molar-refractivity contribution in [2.75, 3.05) is 0 Å². The number of hydrogen-bond donors (Lipinski definition) is 3. The minimum Gasteiger partial charge on any atom is -0.508 e. The summed E-state index contributed by atoms with van der Waals surface area (Å²) in [5.41, 5.74) is 6.75. The molecule has 0 bridgehead atoms. The molecule has 0 amide bonds. The maximum atomic E-state index is 11.9. The lowest BCUT2D eigenvalue weighted by atomic mass is 9.79. The van der Waals surface area contributed by atoms with Crippen LogP contribution in [0.25, 0.3) is 89.0 Å². The van der Waals surface area contributed by atoms with E-state index in [0.29, 0.717) is 17.5 Å². The zero-order valence-corrected chi connectivity index (χ0v) is 25.7. The van der Waals surface area contributed by atoms with E-state index in [0.717, 1.165) is 65.7 Å². The minimum atomic E-state index is -0.373. The monoisotopic (exact) mass is 618 g/mol. The SMILES string of the molecule is [B]c1c(O)c(-c2ccccc2)c(O)c(-c2c3c(c(-c4ccc5c(c4)oc4c6ccccc6ccc54)c4ccccc24)C=CCC=C3)c1O. The van der Waals surface area contributed by atoms with Crippen LogP contribution in [0.5, 0.6) is 17.2 Å². The van der Waals surface area contributed by atoms with E-state index >= 15 is 0 Å². The zero-order valence-electron chi connectivity index (χ0n) is 25.7. The van der Waals surface area contributed by atoms with Crippen molar-refractivity contribution in [3.8, 4) is 50.6 Å². The summed E-state index contributed by atoms with van der Waals surface area (Å²) in [5.74, 6) is -0.986. The van der Waals surface area contributed by atoms with Crippen molar-refractivity contribution < 1.29 is 19.7 Å². The first kappa shape index (κ1) is 28.1. The van der Waals surface area contributed by atoms with Crippen LogP contribution in [0.15, 0.2) is 126 Å². The predicted octanol–water partition coefficient (Wildman–Crippen LogP) is 10.2. The van der Waals surface area contributed by atoms with E-state index in [2.05, 4.69) is 66.8 Å². The molecule has 9 rings (SSSR count). The smallest absolute Gasteiger partial charge is 0.143 e. The lowest BCUT2D eigenvalue weighted by Crippen LogP contribution is -2.08. The van der Waals surface area contributed by atoms with E-state index in [1.165, 1.54) is 0 Å². The third-order valence-electron chi connectivity index (χ3n) is 9.56. The van der Waals surface area contributed by atoms with E-state index in [4.69, 9.17) is 12.3 Å². The zero-order chi connectivity index (χ0) is 32.5. The second-order valence-corrected chi connectivity index (χ2v) is 12.2. The van der Waals surface area contributed by atoms with Crippen LogP contribution < -0.4 is 5.46 Å². The molecule has 1 aliphatic rings. The van der Waals surface area contributed by atoms with Crippen molar-refractivity contribution in [1.29, 1.82) is 0 Å². The van der Waals surface area contributed by atoms with E-state index in [1.807, 2.05) is 54.6 Å². The number of hydrogen-bond acceptors (Lipinski definition) is 4. The second kappa shape index (κ2) is 10.7. The number of rotatable bonds is 3. The average Bonchev–Trinajstić information content (AvgIpc) is 3.33. The highest BCUT2D eigenvalue weighted by Gasteiger charge is 2.28. The van der Waals surface area contributed by atoms with Crippen LogP contribution in [0.2, 0.25) is 0 Å². The molecule has 226 valence electrons. The number of fused-ring (bicyclic) bond motifs is 7. The molecule has 8 aromatic rings. The summed E-state index contributed by atoms with van der Waals surface area (Å²) >= 11 is 0. The molecule has 0 aliphatic heterocycles. The Morgan fingerprint density at radius 1 is 0.500 bits per heavy atom. The van der Waals surface area contributed by atoms with Gasteiger partial charge in [-0.25, -0.2) is 0 Å². The van der Waals surface area contributed by atoms with Crippen molar-refractivity contribution >= 4 is 68.9 Å². The van der Waals surface area contributed by atoms with Crippen LogP contribution in [0, 0.1) is 0 Å². The molecular weight excluding hydrogens is 591 g/mol. The van der Waals surface area contributed by atoms with E-state index in [-0.39, 0.29) is 33.8 Å². The number of aromatic hydroxyl groups is 3. The van der Waals surface area contributed by atoms with Gasteiger partial charge in [-0.1, -0.05) is 115 Å². The molecule has 0 unspecified atom stereocenters. The van der Waals surface area contributed by atoms with Gasteiger partial charge in [0, 0.05) is 21.7 Å². The van der Waals surface area contributed by atoms with Gasteiger partial charge in [0.15, 0.2) is 0 Å². The largest absolute Gasteiger partial charge is 0.508 e. The molecule has 0 saturated heterocycles. The van der Waals surface area contributed by atoms with Gasteiger partial charge in [-0.05, 0) is 74.1 Å². The Bertz CT molecular complexity index is 2680. The quantitative estimate of drug-likeness (QED) is 0.172. The Hall–Kier alpha value is -6.20. The Balaban J connectivity index is 1.37. The third kappa shape index (κ3) is 4.04. The van der Waals surface area contributed by atoms with Gasteiger partial charge in [-0.2, -0.15) is 0 Å². The molecule has 2 radical (unpaired) electrons. The van der Waals surface area contributed by atoms with Crippen molar-refractivity contribution in [1.82, 2.24) is 0 Å². The third-order valence-corrected chi connectivity index (χ3v) is 9.56. The van der Waals surface area contributed by atoms with E-state index in [9.17, 15) is 15.3 Å². The molecule has 0 atom stereocenters. The maximum absolute atomic E-state index is 11.9. The van der Waals surface area contributed by atoms with E-state index < -0.39 is 0 Å². The summed E-state index contributed by atoms with van der Waals surface area (Å²) in [7, 11) is 6.36. The van der Waals surface area contributed by atoms with Crippen LogP contribution in [0.1, 0.15) is 17.5 Å². The van der Waals surface area contributed by atoms with Gasteiger partial charge in [-0.3, -0.25) is 0 Å². The first-order valence-electron chi connectivity index (χ1n) is 15.9. The summed E-state index contributed by atoms with van der Waals surface area (Å²) in [6.07, 6.45) is 9.03. The first-order valence-corrected chi connectivity index (χ1v) is 15.9. The summed E-state index contributed by atoms with van der Waals surface area (Å²) in [6.45, 7) is 0. The number of allylic oxidation sites excluding steroid dienone is 2. The molecule has 5 heteroatoms. The van der Waals surface area contributed by atoms with Gasteiger partial charge >= 0.3 is 0 Å². The minimum absolute atomic E-state index is 0.166. The van der Waals surface area contributed by atoms with Crippen molar-refractivity contribution in [3.05, 3.63) is 132 Å². The number of benzene rings is 7. The molecule has 3 N–H and O–H groups in total. The standard InChI is InChI=1S/C43H27BO4/c44-39-41(46)36(25-12-3-1-4-13-25)40(45)38(42(39)47)37-31-16-6-2-5-15-29(31)35(30-17-9-10-18-32(30)37)26-20-21-28-33-22-19-24-11-7-8-14-27(24)43(33)48-34(28)23-26/h1,3-23,45-47H,2H2. The van der Waals surface area contributed by atoms with Crippen LogP contribution >= 0.6 is 0 Å². The maximum Gasteiger partial charge on any atom is 0.143 e. The van der Waals surface area contributed by atoms with Crippen LogP contribution in [0.4, 0.5) is 0 Å². The highest BCUT2D eigenvalue weighted by molar-refractivity contribution is 6.38. The van der Waals surface area contributed by atoms with Gasteiger partial charge < -0.3 is 19.7 Å². The molecule has 7 aromatic carbocycles. The molecule has 48 heavy (non-hydrogen) atoms. The number of phenolic OH excluding ortho intramolecular Hbond substituents is 3. The molecule has 4 nitrogen and oxygen atoms in total. The van der Waals surface area contributed by atoms with E-state index in [1.54, 1.807) is 12.1 Å². The highest BCUT2D eigenvalue weighted by Crippen LogP contribution is 2.53. The Labute approximate surface area is 277 Å². The summed E-state index contributed by atoms with van der Waals surface area (Å²) in [4.78, 5) is 0. The lowest BCUT2D eigenvalue weighted by molar-refractivity contribution is 0.439. The molecule has 1 aromatic heterocycles. The number of phenols is 3. The molecule has 0 spiro atoms. The molecular formula is C43H27BO4. The fourth-order valence-electron chi connectivity index (χ4n) is 7.36. The Morgan fingerprint density at radius 3 is 1.90 bits per heavy atom. The van der Waals surface area contributed by atoms with Gasteiger partial charge in [0.05, 0.1) is 11.1 Å². The fourth-order valence-corrected chi connectivity index (χ4v) is 7.36. The van der Waals surface area contributed by atoms with Crippen molar-refractivity contribution in [2.24, 2.45) is 0 Å². The molecule has 1 aliphatic carbocycles. The number of furan rings is 1. The van der Waals surface area contributed by atoms with Gasteiger partial charge in [0.2, 0.25) is 0 Å². The summed E-state index contributed by atoms with van der Waals surface area (Å²) in [6, 6.07) is 35.9. The van der Waals surface area contributed by atoms with Crippen molar-refractivity contribution in [3.63, 3.8) is 0 Å². The normalized spacial score (nSPS) is 12.7. The molecule has 0 fully saturated rings. The second-order valence-electron chi connectivity index (χ2n) is 12.2. The van der Waals surface area contributed by atoms with Gasteiger partial charge in [0.1, 0.15) is 36.3 Å². The predicted molar refractivity (Wildman–Crippen MR) is 198 cm³/mol. The first-order chi connectivity index (χ1) is 23.5. The molecule has 1 heterocycles. The topological polar surface area (TPSA) is 73.8 Å². The van der Waals surface area contributed by atoms with Crippen LogP contribution in [-0.2, 0) is 0 Å². The Kier molecular flexibility index (Phi) is 6.24. The Morgan fingerprint density at radius 2 is 1.12 bits per heavy atom. The van der Waals surface area contributed by atoms with Crippen LogP contribution in [0.3, 0.4) is 0 Å². The summed E-state index contributed by atoms with van der Waals surface area (Å²) < 4.78 is 6.58. The van der Waals surface area contributed by atoms with Crippen LogP contribution in [-0.4, -0.2) is 23.2 Å². The lowest BCUT2D eigenvalue weighted by Gasteiger charge is -2.23. The highest BCUT2D eigenvalue weighted by atomic mass is 16.3. The van der Waals surface area contributed by atoms with Gasteiger partial charge in [0.25, 0.3) is 0 Å². The average molecular weight is 618 g/mol.